The maximum atomic E-state index is 14.6. The van der Waals surface area contributed by atoms with Gasteiger partial charge in [0.05, 0.1) is 6.61 Å². The van der Waals surface area contributed by atoms with Gasteiger partial charge >= 0.3 is 0 Å². The van der Waals surface area contributed by atoms with Gasteiger partial charge in [0, 0.05) is 11.1 Å². The second kappa shape index (κ2) is 7.51. The van der Waals surface area contributed by atoms with Crippen LogP contribution in [0.2, 0.25) is 0 Å². The lowest BCUT2D eigenvalue weighted by Gasteiger charge is -2.11. The molecule has 0 N–H and O–H groups in total. The quantitative estimate of drug-likeness (QED) is 0.462. The fourth-order valence-electron chi connectivity index (χ4n) is 3.45. The fraction of sp³-hybridized carbons (Fsp3) is 0.429. The lowest BCUT2D eigenvalue weighted by Crippen LogP contribution is -2.02. The van der Waals surface area contributed by atoms with Crippen molar-refractivity contribution < 1.29 is 17.9 Å². The molecule has 0 unspecified atom stereocenters. The van der Waals surface area contributed by atoms with Crippen molar-refractivity contribution in [3.8, 4) is 16.9 Å². The third-order valence-corrected chi connectivity index (χ3v) is 4.65. The number of hydrogen-bond donors (Lipinski definition) is 0. The van der Waals surface area contributed by atoms with Crippen molar-refractivity contribution >= 4 is 0 Å². The first kappa shape index (κ1) is 17.8. The third-order valence-electron chi connectivity index (χ3n) is 4.65. The summed E-state index contributed by atoms with van der Waals surface area (Å²) < 4.78 is 48.8. The molecular weight excluding hydrogens is 325 g/mol. The number of benzene rings is 2. The van der Waals surface area contributed by atoms with E-state index >= 15 is 0 Å². The molecule has 1 aliphatic rings. The van der Waals surface area contributed by atoms with Crippen molar-refractivity contribution in [2.24, 2.45) is 0 Å². The van der Waals surface area contributed by atoms with Crippen LogP contribution < -0.4 is 4.74 Å². The summed E-state index contributed by atoms with van der Waals surface area (Å²) in [5.74, 6) is -2.61. The molecule has 0 saturated heterocycles. The zero-order chi connectivity index (χ0) is 18.0. The molecule has 0 fully saturated rings. The Morgan fingerprint density at radius 2 is 1.64 bits per heavy atom. The molecule has 0 aromatic heterocycles. The van der Waals surface area contributed by atoms with Crippen LogP contribution in [0.25, 0.3) is 11.1 Å². The van der Waals surface area contributed by atoms with E-state index in [1.54, 1.807) is 0 Å². The van der Waals surface area contributed by atoms with Crippen molar-refractivity contribution in [3.63, 3.8) is 0 Å². The van der Waals surface area contributed by atoms with Crippen molar-refractivity contribution in [2.75, 3.05) is 6.61 Å². The first-order valence-electron chi connectivity index (χ1n) is 9.02. The minimum atomic E-state index is -1.04. The molecule has 1 nitrogen and oxygen atoms in total. The molecule has 0 heterocycles. The summed E-state index contributed by atoms with van der Waals surface area (Å²) in [7, 11) is 0. The first-order chi connectivity index (χ1) is 12.1. The van der Waals surface area contributed by atoms with Crippen LogP contribution in [-0.2, 0) is 12.8 Å². The number of hydrogen-bond acceptors (Lipinski definition) is 1. The predicted molar refractivity (Wildman–Crippen MR) is 93.6 cm³/mol. The molecule has 0 atom stereocenters. The molecule has 3 rings (SSSR count). The average molecular weight is 348 g/mol. The van der Waals surface area contributed by atoms with Crippen LogP contribution >= 0.6 is 0 Å². The zero-order valence-corrected chi connectivity index (χ0v) is 14.7. The standard InChI is InChI=1S/C21H23F3O/c1-3-5-6-7-13-9-14-11-15-12-17(25-8-4-2)20(23)21(24)19(15)18(14)16(22)10-13/h9-10,12H,3-8,11H2,1-2H3. The van der Waals surface area contributed by atoms with E-state index in [2.05, 4.69) is 6.92 Å². The van der Waals surface area contributed by atoms with Crippen molar-refractivity contribution in [3.05, 3.63) is 52.3 Å². The Morgan fingerprint density at radius 1 is 0.880 bits per heavy atom. The van der Waals surface area contributed by atoms with Gasteiger partial charge < -0.3 is 4.74 Å². The second-order valence-corrected chi connectivity index (χ2v) is 6.63. The zero-order valence-electron chi connectivity index (χ0n) is 14.7. The van der Waals surface area contributed by atoms with Crippen molar-refractivity contribution in [1.82, 2.24) is 0 Å². The van der Waals surface area contributed by atoms with Crippen LogP contribution in [0.3, 0.4) is 0 Å². The third kappa shape index (κ3) is 3.39. The highest BCUT2D eigenvalue weighted by Crippen LogP contribution is 2.43. The molecule has 2 aromatic rings. The monoisotopic (exact) mass is 348 g/mol. The number of halogens is 3. The number of fused-ring (bicyclic) bond motifs is 3. The highest BCUT2D eigenvalue weighted by Gasteiger charge is 2.30. The van der Waals surface area contributed by atoms with Crippen molar-refractivity contribution in [1.29, 1.82) is 0 Å². The van der Waals surface area contributed by atoms with Gasteiger partial charge in [-0.2, -0.15) is 4.39 Å². The highest BCUT2D eigenvalue weighted by atomic mass is 19.2. The summed E-state index contributed by atoms with van der Waals surface area (Å²) in [6, 6.07) is 4.90. The molecule has 2 aromatic carbocycles. The number of rotatable bonds is 7. The summed E-state index contributed by atoms with van der Waals surface area (Å²) in [6.45, 7) is 4.33. The summed E-state index contributed by atoms with van der Waals surface area (Å²) in [5, 5.41) is 0. The lowest BCUT2D eigenvalue weighted by molar-refractivity contribution is 0.295. The Labute approximate surface area is 146 Å². The normalized spacial score (nSPS) is 12.2. The number of ether oxygens (including phenoxy) is 1. The average Bonchev–Trinajstić information content (AvgIpc) is 2.96. The Balaban J connectivity index is 1.98. The van der Waals surface area contributed by atoms with E-state index in [1.807, 2.05) is 13.0 Å². The SMILES string of the molecule is CCCCCc1cc(F)c2c(c1)Cc1cc(OCCC)c(F)c(F)c1-2. The van der Waals surface area contributed by atoms with E-state index in [4.69, 9.17) is 4.74 Å². The van der Waals surface area contributed by atoms with E-state index in [9.17, 15) is 13.2 Å². The van der Waals surface area contributed by atoms with E-state index in [0.29, 0.717) is 25.0 Å². The van der Waals surface area contributed by atoms with Crippen molar-refractivity contribution in [2.45, 2.75) is 52.4 Å². The first-order valence-corrected chi connectivity index (χ1v) is 9.02. The van der Waals surface area contributed by atoms with Crippen LogP contribution in [-0.4, -0.2) is 6.61 Å². The maximum Gasteiger partial charge on any atom is 0.201 e. The molecule has 134 valence electrons. The van der Waals surface area contributed by atoms with E-state index in [0.717, 1.165) is 36.8 Å². The molecule has 4 heteroatoms. The smallest absolute Gasteiger partial charge is 0.201 e. The number of unbranched alkanes of at least 4 members (excludes halogenated alkanes) is 2. The highest BCUT2D eigenvalue weighted by molar-refractivity contribution is 5.79. The summed E-state index contributed by atoms with van der Waals surface area (Å²) in [5.41, 5.74) is 2.49. The number of aryl methyl sites for hydroxylation is 1. The molecule has 0 amide bonds. The molecule has 25 heavy (non-hydrogen) atoms. The largest absolute Gasteiger partial charge is 0.490 e. The molecule has 0 spiro atoms. The molecule has 0 aliphatic heterocycles. The summed E-state index contributed by atoms with van der Waals surface area (Å²) >= 11 is 0. The van der Waals surface area contributed by atoms with Crippen LogP contribution in [0.1, 0.15) is 56.2 Å². The van der Waals surface area contributed by atoms with Crippen LogP contribution in [0, 0.1) is 17.5 Å². The van der Waals surface area contributed by atoms with Gasteiger partial charge in [-0.15, -0.1) is 0 Å². The Kier molecular flexibility index (Phi) is 5.36. The van der Waals surface area contributed by atoms with E-state index in [-0.39, 0.29) is 16.9 Å². The minimum Gasteiger partial charge on any atom is -0.490 e. The minimum absolute atomic E-state index is 0.0500. The summed E-state index contributed by atoms with van der Waals surface area (Å²) in [6.07, 6.45) is 5.10. The Morgan fingerprint density at radius 3 is 2.36 bits per heavy atom. The van der Waals surface area contributed by atoms with Gasteiger partial charge in [-0.1, -0.05) is 32.8 Å². The van der Waals surface area contributed by atoms with Gasteiger partial charge in [0.15, 0.2) is 11.6 Å². The Hall–Kier alpha value is -1.97. The van der Waals surface area contributed by atoms with Gasteiger partial charge in [-0.05, 0) is 54.5 Å². The van der Waals surface area contributed by atoms with Gasteiger partial charge in [0.25, 0.3) is 0 Å². The van der Waals surface area contributed by atoms with Gasteiger partial charge in [-0.3, -0.25) is 0 Å². The van der Waals surface area contributed by atoms with Crippen LogP contribution in [0.4, 0.5) is 13.2 Å². The van der Waals surface area contributed by atoms with Gasteiger partial charge in [0.1, 0.15) is 5.82 Å². The molecule has 0 saturated carbocycles. The van der Waals surface area contributed by atoms with E-state index in [1.165, 1.54) is 12.1 Å². The predicted octanol–water partition coefficient (Wildman–Crippen LogP) is 6.20. The lowest BCUT2D eigenvalue weighted by atomic mass is 9.99. The fourth-order valence-corrected chi connectivity index (χ4v) is 3.45. The van der Waals surface area contributed by atoms with Gasteiger partial charge in [-0.25, -0.2) is 8.78 Å². The van der Waals surface area contributed by atoms with E-state index < -0.39 is 17.5 Å². The molecular formula is C21H23F3O. The second-order valence-electron chi connectivity index (χ2n) is 6.63. The molecule has 1 aliphatic carbocycles. The topological polar surface area (TPSA) is 9.23 Å². The van der Waals surface area contributed by atoms with Crippen LogP contribution in [0.15, 0.2) is 18.2 Å². The van der Waals surface area contributed by atoms with Crippen LogP contribution in [0.5, 0.6) is 5.75 Å². The summed E-state index contributed by atoms with van der Waals surface area (Å²) in [4.78, 5) is 0. The van der Waals surface area contributed by atoms with Gasteiger partial charge in [0.2, 0.25) is 5.82 Å². The molecule has 0 radical (unpaired) electrons. The maximum absolute atomic E-state index is 14.6. The Bertz CT molecular complexity index is 783. The molecule has 0 bridgehead atoms.